The SMILES string of the molecule is c1ccc(-c2ccc3c4c5ccccc5ccc4n(-c4ccc5nccnc5c4)c3c2)cc1. The van der Waals surface area contributed by atoms with E-state index in [-0.39, 0.29) is 0 Å². The minimum absolute atomic E-state index is 0.894. The van der Waals surface area contributed by atoms with E-state index in [2.05, 4.69) is 118 Å². The van der Waals surface area contributed by atoms with Crippen molar-refractivity contribution in [3.05, 3.63) is 116 Å². The first-order valence-electron chi connectivity index (χ1n) is 11.1. The molecule has 0 amide bonds. The summed E-state index contributed by atoms with van der Waals surface area (Å²) in [5.41, 5.74) is 7.68. The standard InChI is InChI=1S/C30H19N3/c1-2-6-20(7-3-1)22-10-13-25-29(18-22)33(23-12-14-26-27(19-23)32-17-16-31-26)28-15-11-21-8-4-5-9-24(21)30(25)28/h1-19H. The van der Waals surface area contributed by atoms with Crippen LogP contribution in [0.4, 0.5) is 0 Å². The summed E-state index contributed by atoms with van der Waals surface area (Å²) in [6, 6.07) is 36.8. The fourth-order valence-electron chi connectivity index (χ4n) is 4.97. The third kappa shape index (κ3) is 2.76. The third-order valence-corrected chi connectivity index (χ3v) is 6.47. The van der Waals surface area contributed by atoms with Gasteiger partial charge in [-0.2, -0.15) is 0 Å². The summed E-state index contributed by atoms with van der Waals surface area (Å²) in [4.78, 5) is 9.00. The second-order valence-electron chi connectivity index (χ2n) is 8.34. The topological polar surface area (TPSA) is 30.7 Å². The highest BCUT2D eigenvalue weighted by Crippen LogP contribution is 2.38. The lowest BCUT2D eigenvalue weighted by Crippen LogP contribution is -1.95. The molecule has 2 heterocycles. The van der Waals surface area contributed by atoms with Crippen molar-refractivity contribution in [1.29, 1.82) is 0 Å². The number of aromatic nitrogens is 3. The molecule has 7 rings (SSSR count). The van der Waals surface area contributed by atoms with Gasteiger partial charge in [-0.15, -0.1) is 0 Å². The zero-order valence-corrected chi connectivity index (χ0v) is 17.8. The van der Waals surface area contributed by atoms with Gasteiger partial charge in [0.05, 0.1) is 22.1 Å². The number of nitrogens with zero attached hydrogens (tertiary/aromatic N) is 3. The Kier molecular flexibility index (Phi) is 3.84. The lowest BCUT2D eigenvalue weighted by atomic mass is 10.0. The summed E-state index contributed by atoms with van der Waals surface area (Å²) in [7, 11) is 0. The van der Waals surface area contributed by atoms with Crippen LogP contribution in [0.1, 0.15) is 0 Å². The maximum absolute atomic E-state index is 4.55. The second-order valence-corrected chi connectivity index (χ2v) is 8.34. The van der Waals surface area contributed by atoms with Crippen LogP contribution >= 0.6 is 0 Å². The summed E-state index contributed by atoms with van der Waals surface area (Å²) in [6.45, 7) is 0. The van der Waals surface area contributed by atoms with E-state index in [4.69, 9.17) is 0 Å². The monoisotopic (exact) mass is 421 g/mol. The molecule has 0 radical (unpaired) electrons. The highest BCUT2D eigenvalue weighted by molar-refractivity contribution is 6.21. The minimum atomic E-state index is 0.894. The van der Waals surface area contributed by atoms with Gasteiger partial charge in [0.15, 0.2) is 0 Å². The Morgan fingerprint density at radius 2 is 1.33 bits per heavy atom. The molecular weight excluding hydrogens is 402 g/mol. The van der Waals surface area contributed by atoms with Gasteiger partial charge in [0, 0.05) is 28.9 Å². The average molecular weight is 422 g/mol. The van der Waals surface area contributed by atoms with Gasteiger partial charge in [-0.1, -0.05) is 72.8 Å². The largest absolute Gasteiger partial charge is 0.309 e. The molecule has 3 heteroatoms. The summed E-state index contributed by atoms with van der Waals surface area (Å²) in [6.07, 6.45) is 3.49. The Hall–Kier alpha value is -4.50. The molecule has 5 aromatic carbocycles. The van der Waals surface area contributed by atoms with Crippen LogP contribution in [0.5, 0.6) is 0 Å². The van der Waals surface area contributed by atoms with Crippen LogP contribution in [0.2, 0.25) is 0 Å². The first kappa shape index (κ1) is 18.1. The Labute approximate surface area is 190 Å². The number of benzene rings is 5. The lowest BCUT2D eigenvalue weighted by molar-refractivity contribution is 1.18. The van der Waals surface area contributed by atoms with Crippen molar-refractivity contribution in [2.24, 2.45) is 0 Å². The smallest absolute Gasteiger partial charge is 0.0907 e. The molecule has 0 N–H and O–H groups in total. The molecule has 0 fully saturated rings. The normalized spacial score (nSPS) is 11.6. The molecular formula is C30H19N3. The van der Waals surface area contributed by atoms with Gasteiger partial charge in [-0.05, 0) is 52.2 Å². The molecule has 154 valence electrons. The second kappa shape index (κ2) is 7.01. The maximum Gasteiger partial charge on any atom is 0.0907 e. The van der Waals surface area contributed by atoms with Gasteiger partial charge in [0.2, 0.25) is 0 Å². The van der Waals surface area contributed by atoms with Gasteiger partial charge in [0.1, 0.15) is 0 Å². The van der Waals surface area contributed by atoms with Gasteiger partial charge in [0.25, 0.3) is 0 Å². The van der Waals surface area contributed by atoms with Crippen LogP contribution in [0.15, 0.2) is 116 Å². The average Bonchev–Trinajstić information content (AvgIpc) is 3.23. The fourth-order valence-corrected chi connectivity index (χ4v) is 4.97. The van der Waals surface area contributed by atoms with Crippen molar-refractivity contribution >= 4 is 43.6 Å². The highest BCUT2D eigenvalue weighted by Gasteiger charge is 2.16. The Bertz CT molecular complexity index is 1810. The van der Waals surface area contributed by atoms with Crippen LogP contribution in [-0.2, 0) is 0 Å². The van der Waals surface area contributed by atoms with Crippen LogP contribution < -0.4 is 0 Å². The zero-order chi connectivity index (χ0) is 21.8. The Morgan fingerprint density at radius 1 is 0.515 bits per heavy atom. The molecule has 0 spiro atoms. The zero-order valence-electron chi connectivity index (χ0n) is 17.8. The van der Waals surface area contributed by atoms with E-state index in [0.29, 0.717) is 0 Å². The molecule has 0 saturated carbocycles. The summed E-state index contributed by atoms with van der Waals surface area (Å²) >= 11 is 0. The fraction of sp³-hybridized carbons (Fsp3) is 0. The minimum Gasteiger partial charge on any atom is -0.309 e. The molecule has 0 aliphatic carbocycles. The van der Waals surface area contributed by atoms with E-state index in [9.17, 15) is 0 Å². The number of hydrogen-bond donors (Lipinski definition) is 0. The molecule has 3 nitrogen and oxygen atoms in total. The Morgan fingerprint density at radius 3 is 2.24 bits per heavy atom. The van der Waals surface area contributed by atoms with E-state index in [1.54, 1.807) is 12.4 Å². The first-order chi connectivity index (χ1) is 16.4. The van der Waals surface area contributed by atoms with Crippen LogP contribution in [0.3, 0.4) is 0 Å². The van der Waals surface area contributed by atoms with Crippen LogP contribution in [0, 0.1) is 0 Å². The molecule has 0 atom stereocenters. The third-order valence-electron chi connectivity index (χ3n) is 6.47. The number of fused-ring (bicyclic) bond motifs is 6. The quantitative estimate of drug-likeness (QED) is 0.289. The van der Waals surface area contributed by atoms with Crippen molar-refractivity contribution < 1.29 is 0 Å². The summed E-state index contributed by atoms with van der Waals surface area (Å²) in [5.74, 6) is 0. The molecule has 7 aromatic rings. The predicted octanol–water partition coefficient (Wildman–Crippen LogP) is 7.55. The van der Waals surface area contributed by atoms with Crippen molar-refractivity contribution in [3.63, 3.8) is 0 Å². The van der Waals surface area contributed by atoms with E-state index < -0.39 is 0 Å². The van der Waals surface area contributed by atoms with Gasteiger partial charge >= 0.3 is 0 Å². The number of hydrogen-bond acceptors (Lipinski definition) is 2. The highest BCUT2D eigenvalue weighted by atomic mass is 15.0. The maximum atomic E-state index is 4.55. The van der Waals surface area contributed by atoms with Gasteiger partial charge in [-0.25, -0.2) is 0 Å². The van der Waals surface area contributed by atoms with E-state index in [1.165, 1.54) is 43.7 Å². The molecule has 0 aliphatic heterocycles. The Balaban J connectivity index is 1.63. The van der Waals surface area contributed by atoms with Crippen molar-refractivity contribution in [3.8, 4) is 16.8 Å². The van der Waals surface area contributed by atoms with E-state index in [1.807, 2.05) is 0 Å². The van der Waals surface area contributed by atoms with E-state index in [0.717, 1.165) is 16.7 Å². The predicted molar refractivity (Wildman–Crippen MR) is 137 cm³/mol. The molecule has 0 aliphatic rings. The van der Waals surface area contributed by atoms with E-state index >= 15 is 0 Å². The number of rotatable bonds is 2. The summed E-state index contributed by atoms with van der Waals surface area (Å²) in [5, 5.41) is 5.05. The molecule has 0 bridgehead atoms. The molecule has 2 aromatic heterocycles. The van der Waals surface area contributed by atoms with Crippen LogP contribution in [-0.4, -0.2) is 14.5 Å². The first-order valence-corrected chi connectivity index (χ1v) is 11.1. The summed E-state index contributed by atoms with van der Waals surface area (Å²) < 4.78 is 2.36. The lowest BCUT2D eigenvalue weighted by Gasteiger charge is -2.10. The van der Waals surface area contributed by atoms with Crippen molar-refractivity contribution in [2.45, 2.75) is 0 Å². The van der Waals surface area contributed by atoms with Crippen LogP contribution in [0.25, 0.3) is 60.4 Å². The van der Waals surface area contributed by atoms with Gasteiger partial charge in [-0.3, -0.25) is 9.97 Å². The van der Waals surface area contributed by atoms with Crippen molar-refractivity contribution in [1.82, 2.24) is 14.5 Å². The molecule has 0 saturated heterocycles. The van der Waals surface area contributed by atoms with Crippen molar-refractivity contribution in [2.75, 3.05) is 0 Å². The molecule has 0 unspecified atom stereocenters. The molecule has 33 heavy (non-hydrogen) atoms. The van der Waals surface area contributed by atoms with Gasteiger partial charge < -0.3 is 4.57 Å².